The van der Waals surface area contributed by atoms with E-state index in [1.165, 1.54) is 5.56 Å². The van der Waals surface area contributed by atoms with Crippen molar-refractivity contribution in [3.63, 3.8) is 0 Å². The predicted octanol–water partition coefficient (Wildman–Crippen LogP) is 1.87. The van der Waals surface area contributed by atoms with Gasteiger partial charge >= 0.3 is 0 Å². The molecule has 1 aromatic rings. The lowest BCUT2D eigenvalue weighted by molar-refractivity contribution is 1.14. The summed E-state index contributed by atoms with van der Waals surface area (Å²) in [6.07, 6.45) is 1.02. The van der Waals surface area contributed by atoms with E-state index in [9.17, 15) is 0 Å². The summed E-state index contributed by atoms with van der Waals surface area (Å²) in [5.74, 6) is 0. The maximum Gasteiger partial charge on any atom is 0.0603 e. The Labute approximate surface area is 67.4 Å². The third kappa shape index (κ3) is 1.45. The third-order valence-corrected chi connectivity index (χ3v) is 1.81. The lowest BCUT2D eigenvalue weighted by atomic mass is 10.1. The number of hydrogen-bond acceptors (Lipinski definition) is 2. The monoisotopic (exact) mass is 150 g/mol. The Morgan fingerprint density at radius 1 is 1.45 bits per heavy atom. The van der Waals surface area contributed by atoms with Crippen LogP contribution >= 0.6 is 0 Å². The molecule has 0 aliphatic heterocycles. The first kappa shape index (κ1) is 7.92. The van der Waals surface area contributed by atoms with Gasteiger partial charge in [0.1, 0.15) is 0 Å². The Bertz CT molecular complexity index is 243. The molecule has 0 aliphatic rings. The van der Waals surface area contributed by atoms with E-state index in [0.717, 1.165) is 17.8 Å². The number of benzene rings is 1. The highest BCUT2D eigenvalue weighted by Gasteiger charge is 2.00. The van der Waals surface area contributed by atoms with Crippen LogP contribution in [0.4, 0.5) is 11.4 Å². The number of hydrogen-bond donors (Lipinski definition) is 2. The van der Waals surface area contributed by atoms with Gasteiger partial charge in [0.15, 0.2) is 0 Å². The Morgan fingerprint density at radius 3 is 2.64 bits per heavy atom. The van der Waals surface area contributed by atoms with Crippen molar-refractivity contribution >= 4 is 11.4 Å². The van der Waals surface area contributed by atoms with Crippen LogP contribution in [0.15, 0.2) is 18.2 Å². The Hall–Kier alpha value is -1.18. The fourth-order valence-corrected chi connectivity index (χ4v) is 1.22. The summed E-state index contributed by atoms with van der Waals surface area (Å²) in [5.41, 5.74) is 8.91. The van der Waals surface area contributed by atoms with Crippen molar-refractivity contribution in [3.05, 3.63) is 23.8 Å². The van der Waals surface area contributed by atoms with Crippen LogP contribution in [0.3, 0.4) is 0 Å². The lowest BCUT2D eigenvalue weighted by Gasteiger charge is -2.09. The molecule has 60 valence electrons. The SMILES string of the molecule is CCc1cccc(N)c1NC. The fraction of sp³-hybridized carbons (Fsp3) is 0.333. The van der Waals surface area contributed by atoms with Gasteiger partial charge in [0, 0.05) is 7.05 Å². The van der Waals surface area contributed by atoms with Crippen molar-refractivity contribution in [2.75, 3.05) is 18.1 Å². The van der Waals surface area contributed by atoms with E-state index in [4.69, 9.17) is 5.73 Å². The Balaban J connectivity index is 3.13. The van der Waals surface area contributed by atoms with Gasteiger partial charge in [-0.3, -0.25) is 0 Å². The number of aryl methyl sites for hydroxylation is 1. The third-order valence-electron chi connectivity index (χ3n) is 1.81. The second-order valence-electron chi connectivity index (χ2n) is 2.48. The highest BCUT2D eigenvalue weighted by molar-refractivity contribution is 5.69. The van der Waals surface area contributed by atoms with Crippen LogP contribution in [0.5, 0.6) is 0 Å². The average Bonchev–Trinajstić information content (AvgIpc) is 2.04. The van der Waals surface area contributed by atoms with Crippen LogP contribution in [-0.4, -0.2) is 7.05 Å². The van der Waals surface area contributed by atoms with Gasteiger partial charge in [0.25, 0.3) is 0 Å². The first-order valence-corrected chi connectivity index (χ1v) is 3.84. The van der Waals surface area contributed by atoms with Crippen molar-refractivity contribution in [2.45, 2.75) is 13.3 Å². The molecule has 0 aliphatic carbocycles. The molecular weight excluding hydrogens is 136 g/mol. The molecule has 2 nitrogen and oxygen atoms in total. The quantitative estimate of drug-likeness (QED) is 0.632. The maximum absolute atomic E-state index is 5.74. The van der Waals surface area contributed by atoms with Crippen molar-refractivity contribution in [2.24, 2.45) is 0 Å². The second kappa shape index (κ2) is 3.28. The molecule has 0 amide bonds. The molecular formula is C9H14N2. The highest BCUT2D eigenvalue weighted by Crippen LogP contribution is 2.22. The van der Waals surface area contributed by atoms with E-state index < -0.39 is 0 Å². The van der Waals surface area contributed by atoms with Crippen LogP contribution in [0.1, 0.15) is 12.5 Å². The summed E-state index contributed by atoms with van der Waals surface area (Å²) in [6, 6.07) is 5.97. The summed E-state index contributed by atoms with van der Waals surface area (Å²) in [6.45, 7) is 2.12. The molecule has 1 rings (SSSR count). The minimum absolute atomic E-state index is 0.826. The Kier molecular flexibility index (Phi) is 2.36. The van der Waals surface area contributed by atoms with Crippen molar-refractivity contribution in [1.82, 2.24) is 0 Å². The van der Waals surface area contributed by atoms with Crippen LogP contribution in [0.2, 0.25) is 0 Å². The van der Waals surface area contributed by atoms with E-state index >= 15 is 0 Å². The largest absolute Gasteiger partial charge is 0.397 e. The zero-order valence-corrected chi connectivity index (χ0v) is 7.02. The molecule has 0 saturated carbocycles. The zero-order valence-electron chi connectivity index (χ0n) is 7.02. The van der Waals surface area contributed by atoms with Crippen molar-refractivity contribution in [1.29, 1.82) is 0 Å². The molecule has 2 heteroatoms. The van der Waals surface area contributed by atoms with Gasteiger partial charge in [-0.25, -0.2) is 0 Å². The van der Waals surface area contributed by atoms with E-state index in [-0.39, 0.29) is 0 Å². The number of nitrogens with one attached hydrogen (secondary N) is 1. The summed E-state index contributed by atoms with van der Waals surface area (Å²) < 4.78 is 0. The van der Waals surface area contributed by atoms with Crippen LogP contribution < -0.4 is 11.1 Å². The fourth-order valence-electron chi connectivity index (χ4n) is 1.22. The van der Waals surface area contributed by atoms with Crippen LogP contribution in [0, 0.1) is 0 Å². The van der Waals surface area contributed by atoms with E-state index in [2.05, 4.69) is 18.3 Å². The van der Waals surface area contributed by atoms with E-state index in [1.807, 2.05) is 19.2 Å². The van der Waals surface area contributed by atoms with E-state index in [1.54, 1.807) is 0 Å². The maximum atomic E-state index is 5.74. The van der Waals surface area contributed by atoms with Gasteiger partial charge in [-0.1, -0.05) is 19.1 Å². The van der Waals surface area contributed by atoms with Gasteiger partial charge in [0.2, 0.25) is 0 Å². The number of para-hydroxylation sites is 1. The molecule has 0 radical (unpaired) electrons. The zero-order chi connectivity index (χ0) is 8.27. The van der Waals surface area contributed by atoms with Crippen molar-refractivity contribution < 1.29 is 0 Å². The number of nitrogens with two attached hydrogens (primary N) is 1. The molecule has 0 atom stereocenters. The van der Waals surface area contributed by atoms with E-state index in [0.29, 0.717) is 0 Å². The number of nitrogen functional groups attached to an aromatic ring is 1. The molecule has 3 N–H and O–H groups in total. The van der Waals surface area contributed by atoms with Gasteiger partial charge in [-0.2, -0.15) is 0 Å². The van der Waals surface area contributed by atoms with Gasteiger partial charge in [-0.15, -0.1) is 0 Å². The lowest BCUT2D eigenvalue weighted by Crippen LogP contribution is -1.99. The molecule has 0 saturated heterocycles. The molecule has 0 heterocycles. The molecule has 0 bridgehead atoms. The molecule has 11 heavy (non-hydrogen) atoms. The first-order valence-electron chi connectivity index (χ1n) is 3.84. The second-order valence-corrected chi connectivity index (χ2v) is 2.48. The minimum atomic E-state index is 0.826. The summed E-state index contributed by atoms with van der Waals surface area (Å²) in [7, 11) is 1.89. The standard InChI is InChI=1S/C9H14N2/c1-3-7-5-4-6-8(10)9(7)11-2/h4-6,11H,3,10H2,1-2H3. The minimum Gasteiger partial charge on any atom is -0.397 e. The summed E-state index contributed by atoms with van der Waals surface area (Å²) in [4.78, 5) is 0. The van der Waals surface area contributed by atoms with Gasteiger partial charge in [-0.05, 0) is 18.1 Å². The van der Waals surface area contributed by atoms with Gasteiger partial charge in [0.05, 0.1) is 11.4 Å². The van der Waals surface area contributed by atoms with Crippen molar-refractivity contribution in [3.8, 4) is 0 Å². The molecule has 1 aromatic carbocycles. The van der Waals surface area contributed by atoms with Crippen LogP contribution in [-0.2, 0) is 6.42 Å². The summed E-state index contributed by atoms with van der Waals surface area (Å²) in [5, 5.41) is 3.09. The van der Waals surface area contributed by atoms with Crippen LogP contribution in [0.25, 0.3) is 0 Å². The molecule has 0 aromatic heterocycles. The normalized spacial score (nSPS) is 9.64. The molecule has 0 spiro atoms. The van der Waals surface area contributed by atoms with Gasteiger partial charge < -0.3 is 11.1 Å². The number of anilines is 2. The summed E-state index contributed by atoms with van der Waals surface area (Å²) >= 11 is 0. The topological polar surface area (TPSA) is 38.0 Å². The highest BCUT2D eigenvalue weighted by atomic mass is 14.9. The smallest absolute Gasteiger partial charge is 0.0603 e. The molecule has 0 fully saturated rings. The first-order chi connectivity index (χ1) is 5.29. The predicted molar refractivity (Wildman–Crippen MR) is 49.8 cm³/mol. The molecule has 0 unspecified atom stereocenters. The Morgan fingerprint density at radius 2 is 2.18 bits per heavy atom. The number of rotatable bonds is 2. The average molecular weight is 150 g/mol.